The maximum absolute atomic E-state index is 5.92. The minimum Gasteiger partial charge on any atom is -0.292 e. The van der Waals surface area contributed by atoms with Crippen LogP contribution < -0.4 is 0 Å². The number of rotatable bonds is 0. The Labute approximate surface area is 94.6 Å². The molecule has 2 heterocycles. The van der Waals surface area contributed by atoms with Crippen LogP contribution in [0.5, 0.6) is 0 Å². The molecule has 0 amide bonds. The molecule has 1 aromatic heterocycles. The lowest BCUT2D eigenvalue weighted by molar-refractivity contribution is 0.563. The van der Waals surface area contributed by atoms with Crippen molar-refractivity contribution in [3.8, 4) is 0 Å². The first-order chi connectivity index (χ1) is 6.98. The second kappa shape index (κ2) is 3.56. The highest BCUT2D eigenvalue weighted by Gasteiger charge is 2.24. The Morgan fingerprint density at radius 1 is 1.27 bits per heavy atom. The van der Waals surface area contributed by atoms with Gasteiger partial charge in [-0.3, -0.25) is 4.99 Å². The summed E-state index contributed by atoms with van der Waals surface area (Å²) in [7, 11) is 0. The zero-order chi connectivity index (χ0) is 11.1. The summed E-state index contributed by atoms with van der Waals surface area (Å²) in [6.07, 6.45) is 2.73. The van der Waals surface area contributed by atoms with Gasteiger partial charge in [-0.15, -0.1) is 0 Å². The smallest absolute Gasteiger partial charge is 0.222 e. The van der Waals surface area contributed by atoms with Crippen molar-refractivity contribution < 1.29 is 0 Å². The van der Waals surface area contributed by atoms with Crippen molar-refractivity contribution in [2.24, 2.45) is 4.99 Å². The van der Waals surface area contributed by atoms with Crippen molar-refractivity contribution in [2.45, 2.75) is 32.6 Å². The summed E-state index contributed by atoms with van der Waals surface area (Å²) < 4.78 is 0. The second-order valence-corrected chi connectivity index (χ2v) is 5.07. The average Bonchev–Trinajstić information content (AvgIpc) is 2.15. The van der Waals surface area contributed by atoms with Gasteiger partial charge in [0.15, 0.2) is 0 Å². The molecular weight excluding hydrogens is 210 g/mol. The van der Waals surface area contributed by atoms with Crippen LogP contribution >= 0.6 is 11.6 Å². The van der Waals surface area contributed by atoms with Gasteiger partial charge in [-0.2, -0.15) is 0 Å². The molecule has 0 aromatic carbocycles. The SMILES string of the molecule is CC(C)(C)c1nc(Cl)nc2c1C=NCC2. The summed E-state index contributed by atoms with van der Waals surface area (Å²) in [5, 5.41) is 0.342. The van der Waals surface area contributed by atoms with Crippen LogP contribution in [0.4, 0.5) is 0 Å². The molecule has 0 saturated heterocycles. The number of halogens is 1. The summed E-state index contributed by atoms with van der Waals surface area (Å²) >= 11 is 5.92. The first-order valence-electron chi connectivity index (χ1n) is 5.05. The van der Waals surface area contributed by atoms with E-state index in [0.717, 1.165) is 29.9 Å². The molecule has 1 aliphatic rings. The van der Waals surface area contributed by atoms with Crippen LogP contribution in [0.25, 0.3) is 0 Å². The molecule has 0 fully saturated rings. The van der Waals surface area contributed by atoms with E-state index in [9.17, 15) is 0 Å². The van der Waals surface area contributed by atoms with Gasteiger partial charge < -0.3 is 0 Å². The predicted octanol–water partition coefficient (Wildman–Crippen LogP) is 2.40. The molecule has 15 heavy (non-hydrogen) atoms. The van der Waals surface area contributed by atoms with Gasteiger partial charge in [0.1, 0.15) is 0 Å². The second-order valence-electron chi connectivity index (χ2n) is 4.74. The lowest BCUT2D eigenvalue weighted by Gasteiger charge is -2.22. The fourth-order valence-corrected chi connectivity index (χ4v) is 1.90. The number of nitrogens with zero attached hydrogens (tertiary/aromatic N) is 3. The minimum absolute atomic E-state index is 0.0278. The van der Waals surface area contributed by atoms with Crippen molar-refractivity contribution in [3.05, 3.63) is 22.2 Å². The number of aromatic nitrogens is 2. The van der Waals surface area contributed by atoms with Gasteiger partial charge in [0, 0.05) is 30.2 Å². The molecule has 1 aliphatic heterocycles. The maximum atomic E-state index is 5.92. The Morgan fingerprint density at radius 3 is 2.67 bits per heavy atom. The Morgan fingerprint density at radius 2 is 2.00 bits per heavy atom. The van der Waals surface area contributed by atoms with Crippen molar-refractivity contribution in [3.63, 3.8) is 0 Å². The monoisotopic (exact) mass is 223 g/mol. The van der Waals surface area contributed by atoms with Gasteiger partial charge in [-0.05, 0) is 11.6 Å². The van der Waals surface area contributed by atoms with Gasteiger partial charge in [-0.25, -0.2) is 9.97 Å². The molecule has 3 nitrogen and oxygen atoms in total. The van der Waals surface area contributed by atoms with E-state index < -0.39 is 0 Å². The maximum Gasteiger partial charge on any atom is 0.222 e. The Kier molecular flexibility index (Phi) is 2.51. The molecule has 0 unspecified atom stereocenters. The molecule has 0 saturated carbocycles. The molecule has 0 radical (unpaired) electrons. The average molecular weight is 224 g/mol. The van der Waals surface area contributed by atoms with Crippen molar-refractivity contribution in [2.75, 3.05) is 6.54 Å². The summed E-state index contributed by atoms with van der Waals surface area (Å²) in [5.74, 6) is 0. The highest BCUT2D eigenvalue weighted by atomic mass is 35.5. The molecule has 4 heteroatoms. The fourth-order valence-electron chi connectivity index (χ4n) is 1.71. The zero-order valence-corrected chi connectivity index (χ0v) is 9.97. The topological polar surface area (TPSA) is 38.1 Å². The number of aliphatic imine (C=N–C) groups is 1. The lowest BCUT2D eigenvalue weighted by atomic mass is 9.87. The molecule has 80 valence electrons. The van der Waals surface area contributed by atoms with Crippen LogP contribution in [-0.2, 0) is 11.8 Å². The Balaban J connectivity index is 2.65. The van der Waals surface area contributed by atoms with Crippen molar-refractivity contribution in [1.82, 2.24) is 9.97 Å². The highest BCUT2D eigenvalue weighted by Crippen LogP contribution is 2.27. The standard InChI is InChI=1S/C11H14ClN3/c1-11(2,3)9-7-6-13-5-4-8(7)14-10(12)15-9/h6H,4-5H2,1-3H3. The van der Waals surface area contributed by atoms with Crippen LogP contribution in [0, 0.1) is 0 Å². The van der Waals surface area contributed by atoms with E-state index in [1.54, 1.807) is 0 Å². The summed E-state index contributed by atoms with van der Waals surface area (Å²) in [6.45, 7) is 7.15. The Bertz CT molecular complexity index is 419. The van der Waals surface area contributed by atoms with E-state index in [1.807, 2.05) is 6.21 Å². The van der Waals surface area contributed by atoms with Crippen LogP contribution in [0.2, 0.25) is 5.28 Å². The van der Waals surface area contributed by atoms with Gasteiger partial charge >= 0.3 is 0 Å². The quantitative estimate of drug-likeness (QED) is 0.634. The molecule has 1 aromatic rings. The van der Waals surface area contributed by atoms with Crippen LogP contribution in [0.1, 0.15) is 37.7 Å². The highest BCUT2D eigenvalue weighted by molar-refractivity contribution is 6.28. The minimum atomic E-state index is -0.0278. The van der Waals surface area contributed by atoms with Crippen molar-refractivity contribution in [1.29, 1.82) is 0 Å². The number of hydrogen-bond acceptors (Lipinski definition) is 3. The summed E-state index contributed by atoms with van der Waals surface area (Å²) in [4.78, 5) is 12.8. The Hall–Kier alpha value is -0.960. The normalized spacial score (nSPS) is 15.2. The summed E-state index contributed by atoms with van der Waals surface area (Å²) in [5.41, 5.74) is 3.04. The molecule has 0 atom stereocenters. The van der Waals surface area contributed by atoms with Gasteiger partial charge in [0.05, 0.1) is 11.4 Å². The fraction of sp³-hybridized carbons (Fsp3) is 0.545. The molecule has 2 rings (SSSR count). The largest absolute Gasteiger partial charge is 0.292 e. The first kappa shape index (κ1) is 10.6. The zero-order valence-electron chi connectivity index (χ0n) is 9.21. The lowest BCUT2D eigenvalue weighted by Crippen LogP contribution is -2.21. The molecule has 0 bridgehead atoms. The molecular formula is C11H14ClN3. The number of hydrogen-bond donors (Lipinski definition) is 0. The number of fused-ring (bicyclic) bond motifs is 1. The van der Waals surface area contributed by atoms with Crippen molar-refractivity contribution >= 4 is 17.8 Å². The molecule has 0 spiro atoms. The van der Waals surface area contributed by atoms with E-state index in [1.165, 1.54) is 0 Å². The van der Waals surface area contributed by atoms with E-state index in [4.69, 9.17) is 11.6 Å². The van der Waals surface area contributed by atoms with E-state index in [0.29, 0.717) is 5.28 Å². The van der Waals surface area contributed by atoms with Gasteiger partial charge in [-0.1, -0.05) is 20.8 Å². The third-order valence-electron chi connectivity index (χ3n) is 2.41. The third kappa shape index (κ3) is 2.02. The molecule has 0 aliphatic carbocycles. The predicted molar refractivity (Wildman–Crippen MR) is 61.9 cm³/mol. The van der Waals surface area contributed by atoms with E-state index in [-0.39, 0.29) is 5.41 Å². The summed E-state index contributed by atoms with van der Waals surface area (Å²) in [6, 6.07) is 0. The van der Waals surface area contributed by atoms with E-state index >= 15 is 0 Å². The van der Waals surface area contributed by atoms with Gasteiger partial charge in [0.25, 0.3) is 0 Å². The van der Waals surface area contributed by atoms with Gasteiger partial charge in [0.2, 0.25) is 5.28 Å². The van der Waals surface area contributed by atoms with Crippen LogP contribution in [0.3, 0.4) is 0 Å². The van der Waals surface area contributed by atoms with E-state index in [2.05, 4.69) is 35.7 Å². The molecule has 0 N–H and O–H groups in total. The third-order valence-corrected chi connectivity index (χ3v) is 2.57. The van der Waals surface area contributed by atoms with Crippen LogP contribution in [-0.4, -0.2) is 22.7 Å². The first-order valence-corrected chi connectivity index (χ1v) is 5.43. The van der Waals surface area contributed by atoms with Crippen LogP contribution in [0.15, 0.2) is 4.99 Å².